The first-order valence-electron chi connectivity index (χ1n) is 4.73. The van der Waals surface area contributed by atoms with Crippen molar-refractivity contribution in [3.8, 4) is 0 Å². The van der Waals surface area contributed by atoms with Crippen molar-refractivity contribution < 1.29 is 36.9 Å². The van der Waals surface area contributed by atoms with Gasteiger partial charge in [-0.25, -0.2) is 0 Å². The van der Waals surface area contributed by atoms with Gasteiger partial charge in [-0.05, 0) is 0 Å². The molecule has 2 aliphatic rings. The summed E-state index contributed by atoms with van der Waals surface area (Å²) in [5.74, 6) is -6.49. The van der Waals surface area contributed by atoms with Crippen molar-refractivity contribution >= 4 is 81.5 Å². The summed E-state index contributed by atoms with van der Waals surface area (Å²) in [5.41, 5.74) is 0. The first-order chi connectivity index (χ1) is 8.45. The molecule has 4 nitrogen and oxygen atoms in total. The minimum atomic E-state index is -2.18. The van der Waals surface area contributed by atoms with Crippen LogP contribution in [0.2, 0.25) is 0 Å². The van der Waals surface area contributed by atoms with Crippen molar-refractivity contribution in [2.45, 2.75) is 14.1 Å². The van der Waals surface area contributed by atoms with E-state index in [0.29, 0.717) is 0 Å². The van der Waals surface area contributed by atoms with Crippen LogP contribution in [0.3, 0.4) is 0 Å². The number of halogens is 6. The second-order valence-corrected chi connectivity index (χ2v) is 7.53. The number of carbonyl (C=O) groups is 2. The van der Waals surface area contributed by atoms with E-state index < -0.39 is 37.9 Å². The van der Waals surface area contributed by atoms with Gasteiger partial charge in [0.25, 0.3) is 0 Å². The number of hydrogen-bond donors (Lipinski definition) is 2. The number of carboxylic acids is 2. The quantitative estimate of drug-likeness (QED) is 0.507. The molecule has 4 atom stereocenters. The molecule has 2 N–H and O–H groups in total. The summed E-state index contributed by atoms with van der Waals surface area (Å²) in [4.78, 5) is 18.5. The van der Waals surface area contributed by atoms with Crippen molar-refractivity contribution in [1.82, 2.24) is 0 Å². The van der Waals surface area contributed by atoms with Gasteiger partial charge in [-0.15, -0.1) is 23.2 Å². The molecule has 0 aliphatic heterocycles. The third-order valence-corrected chi connectivity index (χ3v) is 7.73. The summed E-state index contributed by atoms with van der Waals surface area (Å²) in [6, 6.07) is 0. The molecule has 0 aromatic rings. The van der Waals surface area contributed by atoms with Crippen molar-refractivity contribution in [3.05, 3.63) is 10.1 Å². The van der Waals surface area contributed by atoms with Gasteiger partial charge < -0.3 is 10.2 Å². The average molecular weight is 444 g/mol. The molecule has 113 valence electrons. The van der Waals surface area contributed by atoms with E-state index in [2.05, 4.69) is 0 Å². The van der Waals surface area contributed by atoms with Gasteiger partial charge in [-0.1, -0.05) is 46.4 Å². The number of aliphatic carboxylic acids is 2. The van der Waals surface area contributed by atoms with E-state index in [1.165, 1.54) is 0 Å². The SMILES string of the molecule is O=C(O)C1C(C(=O)O)C2(Cl)C(Cl)=C(Cl)C1(Cl)C2(Cl)Cl.[Mn]. The monoisotopic (exact) mass is 441 g/mol. The van der Waals surface area contributed by atoms with Crippen LogP contribution in [0.25, 0.3) is 0 Å². The smallest absolute Gasteiger partial charge is 0.309 e. The van der Waals surface area contributed by atoms with Crippen LogP contribution in [0.1, 0.15) is 0 Å². The molecule has 1 saturated carbocycles. The van der Waals surface area contributed by atoms with Gasteiger partial charge in [0, 0.05) is 17.1 Å². The normalized spacial score (nSPS) is 41.5. The Kier molecular flexibility index (Phi) is 4.98. The third kappa shape index (κ3) is 1.75. The predicted molar refractivity (Wildman–Crippen MR) is 72.6 cm³/mol. The Bertz CT molecular complexity index is 493. The van der Waals surface area contributed by atoms with Crippen molar-refractivity contribution in [1.29, 1.82) is 0 Å². The summed E-state index contributed by atoms with van der Waals surface area (Å²) in [6.45, 7) is 0. The summed E-state index contributed by atoms with van der Waals surface area (Å²) < 4.78 is -2.18. The number of fused-ring (bicyclic) bond motifs is 2. The van der Waals surface area contributed by atoms with Gasteiger partial charge in [0.2, 0.25) is 0 Å². The van der Waals surface area contributed by atoms with Crippen LogP contribution in [0.4, 0.5) is 0 Å². The minimum Gasteiger partial charge on any atom is -0.481 e. The average Bonchev–Trinajstić information content (AvgIpc) is 2.48. The molecule has 11 heteroatoms. The largest absolute Gasteiger partial charge is 0.481 e. The first-order valence-corrected chi connectivity index (χ1v) is 7.00. The zero-order chi connectivity index (χ0) is 15.0. The molecule has 20 heavy (non-hydrogen) atoms. The van der Waals surface area contributed by atoms with E-state index in [1.54, 1.807) is 0 Å². The topological polar surface area (TPSA) is 74.6 Å². The van der Waals surface area contributed by atoms with E-state index in [-0.39, 0.29) is 27.1 Å². The first kappa shape index (κ1) is 19.0. The fourth-order valence-electron chi connectivity index (χ4n) is 2.61. The third-order valence-electron chi connectivity index (χ3n) is 3.47. The second-order valence-electron chi connectivity index (χ2n) is 4.26. The van der Waals surface area contributed by atoms with E-state index in [4.69, 9.17) is 69.6 Å². The van der Waals surface area contributed by atoms with Gasteiger partial charge in [0.15, 0.2) is 4.33 Å². The molecule has 0 saturated heterocycles. The van der Waals surface area contributed by atoms with Crippen LogP contribution in [-0.2, 0) is 26.7 Å². The van der Waals surface area contributed by atoms with Gasteiger partial charge >= 0.3 is 11.9 Å². The second kappa shape index (κ2) is 5.24. The standard InChI is InChI=1S/C9H4Cl6O4.Mn/c10-3-4(11)8(13)2(6(18)19)1(5(16)17)7(3,12)9(8,14)15;/h1-2H,(H,16,17)(H,18,19);. The van der Waals surface area contributed by atoms with Crippen LogP contribution in [0, 0.1) is 11.8 Å². The molecule has 0 aromatic carbocycles. The fraction of sp³-hybridized carbons (Fsp3) is 0.556. The van der Waals surface area contributed by atoms with Crippen LogP contribution in [0.5, 0.6) is 0 Å². The summed E-state index contributed by atoms with van der Waals surface area (Å²) >= 11 is 36.2. The Labute approximate surface area is 153 Å². The zero-order valence-electron chi connectivity index (χ0n) is 9.01. The summed E-state index contributed by atoms with van der Waals surface area (Å²) in [5, 5.41) is 17.8. The Morgan fingerprint density at radius 1 is 0.850 bits per heavy atom. The maximum atomic E-state index is 11.3. The molecular weight excluding hydrogens is 440 g/mol. The van der Waals surface area contributed by atoms with Crippen LogP contribution in [-0.4, -0.2) is 36.2 Å². The van der Waals surface area contributed by atoms with E-state index in [0.717, 1.165) is 0 Å². The molecule has 1 radical (unpaired) electrons. The van der Waals surface area contributed by atoms with E-state index >= 15 is 0 Å². The van der Waals surface area contributed by atoms with Crippen LogP contribution in [0.15, 0.2) is 10.1 Å². The summed E-state index contributed by atoms with van der Waals surface area (Å²) in [7, 11) is 0. The minimum absolute atomic E-state index is 0. The molecular formula is C9H4Cl6MnO4. The Hall–Kier alpha value is 0.939. The molecule has 0 aromatic heterocycles. The van der Waals surface area contributed by atoms with E-state index in [9.17, 15) is 19.8 Å². The molecule has 0 amide bonds. The van der Waals surface area contributed by atoms with Gasteiger partial charge in [0.05, 0.1) is 21.9 Å². The molecule has 2 bridgehead atoms. The Morgan fingerprint density at radius 2 is 1.10 bits per heavy atom. The maximum Gasteiger partial charge on any atom is 0.309 e. The number of allylic oxidation sites excluding steroid dienone is 2. The van der Waals surface area contributed by atoms with Crippen molar-refractivity contribution in [2.75, 3.05) is 0 Å². The number of alkyl halides is 4. The molecule has 0 spiro atoms. The number of hydrogen-bond acceptors (Lipinski definition) is 2. The predicted octanol–water partition coefficient (Wildman–Crippen LogP) is 3.23. The van der Waals surface area contributed by atoms with Crippen molar-refractivity contribution in [2.24, 2.45) is 11.8 Å². The molecule has 1 fully saturated rings. The Balaban J connectivity index is 0.00000200. The fourth-order valence-corrected chi connectivity index (χ4v) is 5.54. The molecule has 0 heterocycles. The van der Waals surface area contributed by atoms with Gasteiger partial charge in [-0.3, -0.25) is 9.59 Å². The molecule has 2 aliphatic carbocycles. The Morgan fingerprint density at radius 3 is 1.30 bits per heavy atom. The van der Waals surface area contributed by atoms with Gasteiger partial charge in [0.1, 0.15) is 9.75 Å². The molecule has 2 rings (SSSR count). The maximum absolute atomic E-state index is 11.3. The number of rotatable bonds is 2. The van der Waals surface area contributed by atoms with Gasteiger partial charge in [-0.2, -0.15) is 0 Å². The van der Waals surface area contributed by atoms with Crippen LogP contribution < -0.4 is 0 Å². The molecule has 4 unspecified atom stereocenters. The van der Waals surface area contributed by atoms with E-state index in [1.807, 2.05) is 0 Å². The van der Waals surface area contributed by atoms with Crippen LogP contribution >= 0.6 is 69.6 Å². The summed E-state index contributed by atoms with van der Waals surface area (Å²) in [6.07, 6.45) is 0. The zero-order valence-corrected chi connectivity index (χ0v) is 14.7. The number of carboxylic acid groups (broad SMARTS) is 2. The van der Waals surface area contributed by atoms with Crippen molar-refractivity contribution in [3.63, 3.8) is 0 Å².